The average Bonchev–Trinajstić information content (AvgIpc) is 2.93. The van der Waals surface area contributed by atoms with Gasteiger partial charge in [-0.05, 0) is 41.7 Å². The van der Waals surface area contributed by atoms with Crippen molar-refractivity contribution in [2.75, 3.05) is 5.75 Å². The first-order valence-electron chi connectivity index (χ1n) is 13.1. The Morgan fingerprint density at radius 1 is 0.838 bits per heavy atom. The van der Waals surface area contributed by atoms with Crippen molar-refractivity contribution in [1.29, 1.82) is 0 Å². The number of hydrogen-bond donors (Lipinski definition) is 1. The first-order valence-corrected chi connectivity index (χ1v) is 14.2. The van der Waals surface area contributed by atoms with Gasteiger partial charge < -0.3 is 10.2 Å². The van der Waals surface area contributed by atoms with Gasteiger partial charge in [-0.25, -0.2) is 4.39 Å². The Balaban J connectivity index is 1.54. The van der Waals surface area contributed by atoms with Crippen LogP contribution >= 0.6 is 11.8 Å². The fourth-order valence-electron chi connectivity index (χ4n) is 4.80. The van der Waals surface area contributed by atoms with Crippen LogP contribution in [0.2, 0.25) is 0 Å². The van der Waals surface area contributed by atoms with Gasteiger partial charge >= 0.3 is 0 Å². The maximum atomic E-state index is 13.7. The quantitative estimate of drug-likeness (QED) is 0.331. The molecule has 1 N–H and O–H groups in total. The lowest BCUT2D eigenvalue weighted by atomic mass is 9.94. The fraction of sp³-hybridized carbons (Fsp3) is 0.355. The predicted molar refractivity (Wildman–Crippen MR) is 149 cm³/mol. The molecule has 0 aliphatic heterocycles. The molecule has 37 heavy (non-hydrogen) atoms. The van der Waals surface area contributed by atoms with Gasteiger partial charge in [0, 0.05) is 24.8 Å². The molecule has 6 heteroatoms. The summed E-state index contributed by atoms with van der Waals surface area (Å²) in [6.07, 6.45) is 5.90. The highest BCUT2D eigenvalue weighted by atomic mass is 32.2. The average molecular weight is 519 g/mol. The summed E-state index contributed by atoms with van der Waals surface area (Å²) >= 11 is 1.48. The van der Waals surface area contributed by atoms with Crippen LogP contribution in [0, 0.1) is 5.82 Å². The van der Waals surface area contributed by atoms with Crippen LogP contribution in [-0.2, 0) is 28.3 Å². The third kappa shape index (κ3) is 8.46. The van der Waals surface area contributed by atoms with E-state index in [0.29, 0.717) is 18.7 Å². The molecule has 0 radical (unpaired) electrons. The molecule has 4 rings (SSSR count). The van der Waals surface area contributed by atoms with Crippen molar-refractivity contribution in [2.45, 2.75) is 62.9 Å². The number of amides is 2. The molecular formula is C31H35FN2O2S. The molecule has 1 aliphatic rings. The van der Waals surface area contributed by atoms with E-state index in [9.17, 15) is 14.0 Å². The Bertz CT molecular complexity index is 1120. The second-order valence-electron chi connectivity index (χ2n) is 9.68. The van der Waals surface area contributed by atoms with E-state index in [1.165, 1.54) is 30.3 Å². The maximum absolute atomic E-state index is 13.7. The SMILES string of the molecule is O=C(NC1CCCCC1)[C@H](Cc1ccccc1)N(Cc1ccccc1)C(=O)CSCc1ccc(F)cc1. The Kier molecular flexibility index (Phi) is 10.2. The van der Waals surface area contributed by atoms with Crippen molar-refractivity contribution in [3.05, 3.63) is 107 Å². The highest BCUT2D eigenvalue weighted by Crippen LogP contribution is 2.21. The molecule has 0 spiro atoms. The number of hydrogen-bond acceptors (Lipinski definition) is 3. The second kappa shape index (κ2) is 14.0. The van der Waals surface area contributed by atoms with Crippen LogP contribution in [-0.4, -0.2) is 34.6 Å². The second-order valence-corrected chi connectivity index (χ2v) is 10.7. The van der Waals surface area contributed by atoms with E-state index >= 15 is 0 Å². The third-order valence-electron chi connectivity index (χ3n) is 6.83. The van der Waals surface area contributed by atoms with E-state index in [1.807, 2.05) is 60.7 Å². The molecule has 194 valence electrons. The van der Waals surface area contributed by atoms with Crippen LogP contribution in [0.25, 0.3) is 0 Å². The summed E-state index contributed by atoms with van der Waals surface area (Å²) in [5.41, 5.74) is 2.98. The van der Waals surface area contributed by atoms with E-state index in [-0.39, 0.29) is 29.4 Å². The van der Waals surface area contributed by atoms with Gasteiger partial charge in [0.15, 0.2) is 0 Å². The van der Waals surface area contributed by atoms with Gasteiger partial charge in [-0.1, -0.05) is 92.1 Å². The summed E-state index contributed by atoms with van der Waals surface area (Å²) in [5, 5.41) is 3.27. The zero-order valence-electron chi connectivity index (χ0n) is 21.2. The van der Waals surface area contributed by atoms with E-state index in [0.717, 1.165) is 42.4 Å². The first-order chi connectivity index (χ1) is 18.1. The standard InChI is InChI=1S/C31H35FN2O2S/c32-27-18-16-26(17-19-27)22-37-23-30(35)34(21-25-12-6-2-7-13-25)29(20-24-10-4-1-5-11-24)31(36)33-28-14-8-3-9-15-28/h1-2,4-7,10-13,16-19,28-29H,3,8-9,14-15,20-23H2,(H,33,36)/t29-/m0/s1. The highest BCUT2D eigenvalue weighted by Gasteiger charge is 2.31. The molecule has 0 saturated heterocycles. The van der Waals surface area contributed by atoms with E-state index < -0.39 is 6.04 Å². The van der Waals surface area contributed by atoms with Crippen LogP contribution < -0.4 is 5.32 Å². The lowest BCUT2D eigenvalue weighted by molar-refractivity contribution is -0.139. The van der Waals surface area contributed by atoms with Crippen molar-refractivity contribution in [3.8, 4) is 0 Å². The van der Waals surface area contributed by atoms with Crippen LogP contribution in [0.5, 0.6) is 0 Å². The normalized spacial score (nSPS) is 14.6. The topological polar surface area (TPSA) is 49.4 Å². The molecule has 1 fully saturated rings. The Labute approximate surface area is 223 Å². The molecule has 1 aliphatic carbocycles. The first kappa shape index (κ1) is 26.9. The zero-order chi connectivity index (χ0) is 25.9. The molecule has 4 nitrogen and oxygen atoms in total. The Morgan fingerprint density at radius 3 is 2.11 bits per heavy atom. The van der Waals surface area contributed by atoms with Gasteiger partial charge in [0.1, 0.15) is 11.9 Å². The van der Waals surface area contributed by atoms with Gasteiger partial charge in [0.2, 0.25) is 11.8 Å². The lowest BCUT2D eigenvalue weighted by Gasteiger charge is -2.33. The number of halogens is 1. The molecular weight excluding hydrogens is 483 g/mol. The number of benzene rings is 3. The minimum Gasteiger partial charge on any atom is -0.352 e. The van der Waals surface area contributed by atoms with Crippen molar-refractivity contribution in [2.24, 2.45) is 0 Å². The van der Waals surface area contributed by atoms with E-state index in [2.05, 4.69) is 5.32 Å². The monoisotopic (exact) mass is 518 g/mol. The van der Waals surface area contributed by atoms with Crippen molar-refractivity contribution < 1.29 is 14.0 Å². The molecule has 0 bridgehead atoms. The minimum atomic E-state index is -0.608. The van der Waals surface area contributed by atoms with Gasteiger partial charge in [-0.3, -0.25) is 9.59 Å². The molecule has 0 aromatic heterocycles. The molecule has 3 aromatic rings. The summed E-state index contributed by atoms with van der Waals surface area (Å²) in [6, 6.07) is 25.7. The lowest BCUT2D eigenvalue weighted by Crippen LogP contribution is -2.53. The number of nitrogens with one attached hydrogen (secondary N) is 1. The van der Waals surface area contributed by atoms with Crippen LogP contribution in [0.3, 0.4) is 0 Å². The molecule has 3 aromatic carbocycles. The van der Waals surface area contributed by atoms with Gasteiger partial charge in [0.25, 0.3) is 0 Å². The maximum Gasteiger partial charge on any atom is 0.243 e. The molecule has 2 amide bonds. The third-order valence-corrected chi connectivity index (χ3v) is 7.81. The summed E-state index contributed by atoms with van der Waals surface area (Å²) in [5.74, 6) is 0.417. The number of carbonyl (C=O) groups is 2. The van der Waals surface area contributed by atoms with Crippen molar-refractivity contribution in [1.82, 2.24) is 10.2 Å². The zero-order valence-corrected chi connectivity index (χ0v) is 22.0. The summed E-state index contributed by atoms with van der Waals surface area (Å²) in [7, 11) is 0. The van der Waals surface area contributed by atoms with Crippen LogP contribution in [0.4, 0.5) is 4.39 Å². The highest BCUT2D eigenvalue weighted by molar-refractivity contribution is 7.99. The van der Waals surface area contributed by atoms with Crippen molar-refractivity contribution in [3.63, 3.8) is 0 Å². The number of carbonyl (C=O) groups excluding carboxylic acids is 2. The summed E-state index contributed by atoms with van der Waals surface area (Å²) in [6.45, 7) is 0.367. The van der Waals surface area contributed by atoms with Crippen molar-refractivity contribution >= 4 is 23.6 Å². The number of nitrogens with zero attached hydrogens (tertiary/aromatic N) is 1. The summed E-state index contributed by atoms with van der Waals surface area (Å²) < 4.78 is 13.3. The number of thioether (sulfide) groups is 1. The smallest absolute Gasteiger partial charge is 0.243 e. The summed E-state index contributed by atoms with van der Waals surface area (Å²) in [4.78, 5) is 29.2. The molecule has 1 atom stereocenters. The van der Waals surface area contributed by atoms with Crippen LogP contribution in [0.15, 0.2) is 84.9 Å². The van der Waals surface area contributed by atoms with E-state index in [4.69, 9.17) is 0 Å². The Hall–Kier alpha value is -3.12. The minimum absolute atomic E-state index is 0.0734. The van der Waals surface area contributed by atoms with Gasteiger partial charge in [-0.2, -0.15) is 0 Å². The fourth-order valence-corrected chi connectivity index (χ4v) is 5.67. The molecule has 0 heterocycles. The largest absolute Gasteiger partial charge is 0.352 e. The van der Waals surface area contributed by atoms with E-state index in [1.54, 1.807) is 17.0 Å². The van der Waals surface area contributed by atoms with Gasteiger partial charge in [-0.15, -0.1) is 11.8 Å². The van der Waals surface area contributed by atoms with Gasteiger partial charge in [0.05, 0.1) is 5.75 Å². The predicted octanol–water partition coefficient (Wildman–Crippen LogP) is 6.15. The number of rotatable bonds is 11. The molecule has 1 saturated carbocycles. The Morgan fingerprint density at radius 2 is 1.46 bits per heavy atom. The van der Waals surface area contributed by atoms with Crippen LogP contribution in [0.1, 0.15) is 48.8 Å². The molecule has 0 unspecified atom stereocenters.